The molecule has 3 rings (SSSR count). The lowest BCUT2D eigenvalue weighted by molar-refractivity contribution is 0.203. The van der Waals surface area contributed by atoms with Crippen LogP contribution in [0.1, 0.15) is 36.4 Å². The summed E-state index contributed by atoms with van der Waals surface area (Å²) in [4.78, 5) is 17.9. The lowest BCUT2D eigenvalue weighted by Gasteiger charge is -2.23. The number of oxazole rings is 1. The fourth-order valence-electron chi connectivity index (χ4n) is 2.97. The van der Waals surface area contributed by atoms with Crippen molar-refractivity contribution < 1.29 is 4.42 Å². The van der Waals surface area contributed by atoms with Crippen LogP contribution in [0.25, 0.3) is 0 Å². The largest absolute Gasteiger partial charge is 0.444 e. The van der Waals surface area contributed by atoms with Crippen LogP contribution in [0.3, 0.4) is 0 Å². The molecule has 1 aliphatic heterocycles. The Labute approximate surface area is 137 Å². The van der Waals surface area contributed by atoms with Gasteiger partial charge in [0, 0.05) is 44.5 Å². The quantitative estimate of drug-likeness (QED) is 0.813. The Morgan fingerprint density at radius 3 is 2.83 bits per heavy atom. The molecule has 124 valence electrons. The molecule has 0 saturated carbocycles. The van der Waals surface area contributed by atoms with Crippen molar-refractivity contribution in [3.05, 3.63) is 41.6 Å². The first kappa shape index (κ1) is 16.1. The molecule has 0 aliphatic carbocycles. The minimum atomic E-state index is 0.533. The number of hydrogen-bond donors (Lipinski definition) is 0. The number of likely N-dealkylation sites (tertiary alicyclic amines) is 1. The highest BCUT2D eigenvalue weighted by atomic mass is 16.4. The smallest absolute Gasteiger partial charge is 0.208 e. The molecule has 1 unspecified atom stereocenters. The van der Waals surface area contributed by atoms with Gasteiger partial charge in [0.1, 0.15) is 5.76 Å². The number of likely N-dealkylation sites (N-methyl/N-ethyl adjacent to an activating group) is 1. The maximum absolute atomic E-state index is 5.71. The van der Waals surface area contributed by atoms with Crippen LogP contribution in [0, 0.1) is 6.92 Å². The second-order valence-electron chi connectivity index (χ2n) is 6.32. The molecule has 6 heteroatoms. The zero-order chi connectivity index (χ0) is 16.2. The van der Waals surface area contributed by atoms with Gasteiger partial charge in [-0.2, -0.15) is 0 Å². The molecule has 1 atom stereocenters. The van der Waals surface area contributed by atoms with E-state index < -0.39 is 0 Å². The molecule has 2 aromatic rings. The molecule has 0 amide bonds. The van der Waals surface area contributed by atoms with E-state index in [2.05, 4.69) is 38.7 Å². The molecule has 1 saturated heterocycles. The highest BCUT2D eigenvalue weighted by Crippen LogP contribution is 2.18. The molecular weight excluding hydrogens is 290 g/mol. The number of aryl methyl sites for hydroxylation is 2. The summed E-state index contributed by atoms with van der Waals surface area (Å²) in [6.07, 6.45) is 7.61. The number of aromatic nitrogens is 3. The predicted octanol–water partition coefficient (Wildman–Crippen LogP) is 2.04. The van der Waals surface area contributed by atoms with Gasteiger partial charge >= 0.3 is 0 Å². The Balaban J connectivity index is 1.51. The van der Waals surface area contributed by atoms with Gasteiger partial charge in [-0.05, 0) is 20.4 Å². The van der Waals surface area contributed by atoms with Crippen molar-refractivity contribution in [3.8, 4) is 0 Å². The Bertz CT molecular complexity index is 624. The molecule has 1 aliphatic rings. The summed E-state index contributed by atoms with van der Waals surface area (Å²) in [5.41, 5.74) is 2.00. The molecule has 0 radical (unpaired) electrons. The minimum absolute atomic E-state index is 0.533. The minimum Gasteiger partial charge on any atom is -0.444 e. The van der Waals surface area contributed by atoms with Crippen molar-refractivity contribution in [1.29, 1.82) is 0 Å². The van der Waals surface area contributed by atoms with Crippen molar-refractivity contribution in [1.82, 2.24) is 24.8 Å². The molecular formula is C17H25N5O. The Morgan fingerprint density at radius 2 is 2.13 bits per heavy atom. The number of rotatable bonds is 6. The van der Waals surface area contributed by atoms with Gasteiger partial charge in [0.05, 0.1) is 24.1 Å². The third kappa shape index (κ3) is 4.14. The average Bonchev–Trinajstić information content (AvgIpc) is 3.19. The molecule has 0 spiro atoms. The van der Waals surface area contributed by atoms with Crippen LogP contribution >= 0.6 is 0 Å². The summed E-state index contributed by atoms with van der Waals surface area (Å²) in [6, 6.07) is 0.533. The summed E-state index contributed by atoms with van der Waals surface area (Å²) in [7, 11) is 2.15. The van der Waals surface area contributed by atoms with Gasteiger partial charge in [-0.25, -0.2) is 4.98 Å². The van der Waals surface area contributed by atoms with Crippen molar-refractivity contribution in [2.75, 3.05) is 20.1 Å². The summed E-state index contributed by atoms with van der Waals surface area (Å²) in [5.74, 6) is 1.77. The van der Waals surface area contributed by atoms with E-state index in [1.165, 1.54) is 0 Å². The lowest BCUT2D eigenvalue weighted by Crippen LogP contribution is -2.34. The van der Waals surface area contributed by atoms with Gasteiger partial charge in [-0.3, -0.25) is 19.8 Å². The highest BCUT2D eigenvalue weighted by Gasteiger charge is 2.26. The summed E-state index contributed by atoms with van der Waals surface area (Å²) < 4.78 is 5.71. The molecule has 0 N–H and O–H groups in total. The van der Waals surface area contributed by atoms with Gasteiger partial charge in [0.25, 0.3) is 0 Å². The normalized spacial score (nSPS) is 18.9. The Hall–Kier alpha value is -1.79. The third-order valence-electron chi connectivity index (χ3n) is 4.43. The molecule has 0 aromatic carbocycles. The Morgan fingerprint density at radius 1 is 1.26 bits per heavy atom. The monoisotopic (exact) mass is 315 g/mol. The number of hydrogen-bond acceptors (Lipinski definition) is 6. The topological polar surface area (TPSA) is 58.3 Å². The predicted molar refractivity (Wildman–Crippen MR) is 87.8 cm³/mol. The van der Waals surface area contributed by atoms with E-state index in [4.69, 9.17) is 4.42 Å². The molecule has 6 nitrogen and oxygen atoms in total. The zero-order valence-electron chi connectivity index (χ0n) is 14.2. The third-order valence-corrected chi connectivity index (χ3v) is 4.43. The van der Waals surface area contributed by atoms with E-state index in [9.17, 15) is 0 Å². The van der Waals surface area contributed by atoms with Crippen LogP contribution in [0.4, 0.5) is 0 Å². The molecule has 2 aromatic heterocycles. The van der Waals surface area contributed by atoms with Crippen LogP contribution in [-0.2, 0) is 19.5 Å². The van der Waals surface area contributed by atoms with E-state index >= 15 is 0 Å². The summed E-state index contributed by atoms with van der Waals surface area (Å²) in [6.45, 7) is 7.82. The highest BCUT2D eigenvalue weighted by molar-refractivity contribution is 5.01. The van der Waals surface area contributed by atoms with Crippen LogP contribution in [-0.4, -0.2) is 50.9 Å². The van der Waals surface area contributed by atoms with Crippen molar-refractivity contribution >= 4 is 0 Å². The van der Waals surface area contributed by atoms with E-state index in [1.54, 1.807) is 0 Å². The molecule has 23 heavy (non-hydrogen) atoms. The van der Waals surface area contributed by atoms with Crippen LogP contribution in [0.2, 0.25) is 0 Å². The first-order valence-electron chi connectivity index (χ1n) is 8.27. The van der Waals surface area contributed by atoms with E-state index in [-0.39, 0.29) is 0 Å². The molecule has 0 bridgehead atoms. The van der Waals surface area contributed by atoms with Gasteiger partial charge < -0.3 is 4.42 Å². The Kier molecular flexibility index (Phi) is 5.03. The van der Waals surface area contributed by atoms with Crippen molar-refractivity contribution in [2.45, 2.75) is 45.8 Å². The maximum atomic E-state index is 5.71. The van der Waals surface area contributed by atoms with Gasteiger partial charge in [0.2, 0.25) is 5.89 Å². The van der Waals surface area contributed by atoms with Crippen molar-refractivity contribution in [2.24, 2.45) is 0 Å². The first-order chi connectivity index (χ1) is 11.1. The maximum Gasteiger partial charge on any atom is 0.208 e. The molecule has 1 fully saturated rings. The van der Waals surface area contributed by atoms with Gasteiger partial charge in [-0.15, -0.1) is 0 Å². The molecule has 3 heterocycles. The summed E-state index contributed by atoms with van der Waals surface area (Å²) >= 11 is 0. The second kappa shape index (κ2) is 7.19. The number of nitrogens with zero attached hydrogens (tertiary/aromatic N) is 5. The standard InChI is InChI=1S/C17H25N5O/c1-4-16-9-20-17(23-16)12-21(3)15-5-6-22(11-15)10-14-8-18-13(2)7-19-14/h7-9,15H,4-6,10-12H2,1-3H3. The van der Waals surface area contributed by atoms with Crippen LogP contribution < -0.4 is 0 Å². The van der Waals surface area contributed by atoms with E-state index in [0.29, 0.717) is 6.04 Å². The zero-order valence-corrected chi connectivity index (χ0v) is 14.2. The first-order valence-corrected chi connectivity index (χ1v) is 8.27. The van der Waals surface area contributed by atoms with Gasteiger partial charge in [0.15, 0.2) is 0 Å². The summed E-state index contributed by atoms with van der Waals surface area (Å²) in [5, 5.41) is 0. The fraction of sp³-hybridized carbons (Fsp3) is 0.588. The average molecular weight is 315 g/mol. The van der Waals surface area contributed by atoms with E-state index in [0.717, 1.165) is 62.1 Å². The SMILES string of the molecule is CCc1cnc(CN(C)C2CCN(Cc3cnc(C)cn3)C2)o1. The fourth-order valence-corrected chi connectivity index (χ4v) is 2.97. The van der Waals surface area contributed by atoms with Gasteiger partial charge in [-0.1, -0.05) is 6.92 Å². The lowest BCUT2D eigenvalue weighted by atomic mass is 10.2. The van der Waals surface area contributed by atoms with Crippen LogP contribution in [0.5, 0.6) is 0 Å². The van der Waals surface area contributed by atoms with Crippen molar-refractivity contribution in [3.63, 3.8) is 0 Å². The second-order valence-corrected chi connectivity index (χ2v) is 6.32. The van der Waals surface area contributed by atoms with Crippen LogP contribution in [0.15, 0.2) is 23.0 Å². The van der Waals surface area contributed by atoms with E-state index in [1.807, 2.05) is 25.5 Å².